The number of carbonyl (C=O) groups is 1. The maximum Gasteiger partial charge on any atom is 0.271 e. The SMILES string of the molecule is CCNc1nc(C(=O)N[C@H](C)[C@H](O)c2ccc(F)cc2)cs1. The van der Waals surface area contributed by atoms with Crippen molar-refractivity contribution in [2.45, 2.75) is 26.0 Å². The van der Waals surface area contributed by atoms with Crippen LogP contribution in [0.5, 0.6) is 0 Å². The van der Waals surface area contributed by atoms with Gasteiger partial charge < -0.3 is 15.7 Å². The fourth-order valence-electron chi connectivity index (χ4n) is 1.92. The topological polar surface area (TPSA) is 74.2 Å². The molecule has 2 aromatic rings. The molecule has 0 aliphatic heterocycles. The van der Waals surface area contributed by atoms with Crippen LogP contribution in [-0.4, -0.2) is 28.6 Å². The highest BCUT2D eigenvalue weighted by Gasteiger charge is 2.20. The van der Waals surface area contributed by atoms with Gasteiger partial charge >= 0.3 is 0 Å². The van der Waals surface area contributed by atoms with Crippen LogP contribution in [0.25, 0.3) is 0 Å². The number of halogens is 1. The largest absolute Gasteiger partial charge is 0.386 e. The molecule has 0 saturated heterocycles. The van der Waals surface area contributed by atoms with E-state index >= 15 is 0 Å². The third-order valence-corrected chi connectivity index (χ3v) is 3.91. The van der Waals surface area contributed by atoms with Gasteiger partial charge in [-0.25, -0.2) is 9.37 Å². The van der Waals surface area contributed by atoms with Crippen molar-refractivity contribution in [3.8, 4) is 0 Å². The van der Waals surface area contributed by atoms with E-state index in [1.807, 2.05) is 6.92 Å². The number of rotatable bonds is 6. The molecule has 2 atom stereocenters. The predicted molar refractivity (Wildman–Crippen MR) is 84.6 cm³/mol. The highest BCUT2D eigenvalue weighted by atomic mass is 32.1. The molecule has 118 valence electrons. The molecule has 1 aromatic heterocycles. The quantitative estimate of drug-likeness (QED) is 0.764. The Balaban J connectivity index is 1.99. The molecule has 0 radical (unpaired) electrons. The molecule has 1 aromatic carbocycles. The van der Waals surface area contributed by atoms with Crippen LogP contribution in [0.2, 0.25) is 0 Å². The summed E-state index contributed by atoms with van der Waals surface area (Å²) in [6.07, 6.45) is -0.920. The number of amides is 1. The molecule has 5 nitrogen and oxygen atoms in total. The molecule has 3 N–H and O–H groups in total. The van der Waals surface area contributed by atoms with Crippen molar-refractivity contribution in [1.82, 2.24) is 10.3 Å². The van der Waals surface area contributed by atoms with E-state index in [4.69, 9.17) is 0 Å². The molecule has 1 heterocycles. The average molecular weight is 323 g/mol. The second-order valence-electron chi connectivity index (χ2n) is 4.83. The molecule has 0 unspecified atom stereocenters. The average Bonchev–Trinajstić information content (AvgIpc) is 2.96. The van der Waals surface area contributed by atoms with E-state index in [-0.39, 0.29) is 11.7 Å². The lowest BCUT2D eigenvalue weighted by Crippen LogP contribution is -2.37. The molecular formula is C15H18FN3O2S. The van der Waals surface area contributed by atoms with Gasteiger partial charge in [-0.15, -0.1) is 11.3 Å². The molecule has 0 aliphatic rings. The summed E-state index contributed by atoms with van der Waals surface area (Å²) in [6.45, 7) is 4.36. The summed E-state index contributed by atoms with van der Waals surface area (Å²) in [6, 6.07) is 5.01. The molecule has 2 rings (SSSR count). The van der Waals surface area contributed by atoms with Crippen molar-refractivity contribution in [2.75, 3.05) is 11.9 Å². The van der Waals surface area contributed by atoms with Crippen molar-refractivity contribution < 1.29 is 14.3 Å². The van der Waals surface area contributed by atoms with Gasteiger partial charge in [-0.05, 0) is 31.5 Å². The van der Waals surface area contributed by atoms with Crippen LogP contribution in [0.1, 0.15) is 36.0 Å². The number of nitrogens with one attached hydrogen (secondary N) is 2. The predicted octanol–water partition coefficient (Wildman–Crippen LogP) is 2.57. The summed E-state index contributed by atoms with van der Waals surface area (Å²) < 4.78 is 12.9. The Kier molecular flexibility index (Phi) is 5.46. The minimum Gasteiger partial charge on any atom is -0.386 e. The number of hydrogen-bond acceptors (Lipinski definition) is 5. The van der Waals surface area contributed by atoms with E-state index in [9.17, 15) is 14.3 Å². The number of carbonyl (C=O) groups excluding carboxylic acids is 1. The fraction of sp³-hybridized carbons (Fsp3) is 0.333. The zero-order chi connectivity index (χ0) is 16.1. The highest BCUT2D eigenvalue weighted by molar-refractivity contribution is 7.13. The van der Waals surface area contributed by atoms with Gasteiger partial charge in [0.25, 0.3) is 5.91 Å². The summed E-state index contributed by atoms with van der Waals surface area (Å²) >= 11 is 1.35. The lowest BCUT2D eigenvalue weighted by Gasteiger charge is -2.20. The molecule has 0 saturated carbocycles. The Morgan fingerprint density at radius 2 is 2.09 bits per heavy atom. The summed E-state index contributed by atoms with van der Waals surface area (Å²) in [5.41, 5.74) is 0.847. The minimum atomic E-state index is -0.920. The number of aliphatic hydroxyl groups excluding tert-OH is 1. The first-order valence-corrected chi connectivity index (χ1v) is 7.83. The van der Waals surface area contributed by atoms with Gasteiger partial charge in [0.1, 0.15) is 11.5 Å². The standard InChI is InChI=1S/C15H18FN3O2S/c1-3-17-15-19-12(8-22-15)14(21)18-9(2)13(20)10-4-6-11(16)7-5-10/h4-9,13,20H,3H2,1-2H3,(H,17,19)(H,18,21)/t9-,13+/m1/s1. The van der Waals surface area contributed by atoms with Crippen LogP contribution in [0.15, 0.2) is 29.6 Å². The summed E-state index contributed by atoms with van der Waals surface area (Å²) in [7, 11) is 0. The highest BCUT2D eigenvalue weighted by Crippen LogP contribution is 2.19. The first-order chi connectivity index (χ1) is 10.5. The number of anilines is 1. The Morgan fingerprint density at radius 1 is 1.41 bits per heavy atom. The zero-order valence-corrected chi connectivity index (χ0v) is 13.2. The Bertz CT molecular complexity index is 630. The van der Waals surface area contributed by atoms with Gasteiger partial charge in [0.05, 0.1) is 12.1 Å². The van der Waals surface area contributed by atoms with E-state index in [1.165, 1.54) is 35.6 Å². The summed E-state index contributed by atoms with van der Waals surface area (Å²) in [4.78, 5) is 16.3. The van der Waals surface area contributed by atoms with Gasteiger partial charge in [0.15, 0.2) is 5.13 Å². The molecule has 1 amide bonds. The van der Waals surface area contributed by atoms with Crippen molar-refractivity contribution in [3.63, 3.8) is 0 Å². The van der Waals surface area contributed by atoms with Gasteiger partial charge in [-0.3, -0.25) is 4.79 Å². The lowest BCUT2D eigenvalue weighted by atomic mass is 10.0. The second-order valence-corrected chi connectivity index (χ2v) is 5.68. The van der Waals surface area contributed by atoms with E-state index in [0.717, 1.165) is 6.54 Å². The second kappa shape index (κ2) is 7.33. The minimum absolute atomic E-state index is 0.305. The fourth-order valence-corrected chi connectivity index (χ4v) is 2.68. The van der Waals surface area contributed by atoms with Gasteiger partial charge in [-0.2, -0.15) is 0 Å². The molecule has 0 bridgehead atoms. The zero-order valence-electron chi connectivity index (χ0n) is 12.3. The Morgan fingerprint density at radius 3 is 2.73 bits per heavy atom. The first kappa shape index (κ1) is 16.4. The van der Waals surface area contributed by atoms with E-state index in [2.05, 4.69) is 15.6 Å². The monoisotopic (exact) mass is 323 g/mol. The lowest BCUT2D eigenvalue weighted by molar-refractivity contribution is 0.0848. The molecular weight excluding hydrogens is 305 g/mol. The number of hydrogen-bond donors (Lipinski definition) is 3. The number of thiazole rings is 1. The van der Waals surface area contributed by atoms with Gasteiger partial charge in [-0.1, -0.05) is 12.1 Å². The van der Waals surface area contributed by atoms with Crippen LogP contribution in [0.4, 0.5) is 9.52 Å². The third-order valence-electron chi connectivity index (χ3n) is 3.11. The van der Waals surface area contributed by atoms with Gasteiger partial charge in [0, 0.05) is 11.9 Å². The van der Waals surface area contributed by atoms with Crippen molar-refractivity contribution in [2.24, 2.45) is 0 Å². The number of aliphatic hydroxyl groups is 1. The Labute approximate surface area is 132 Å². The smallest absolute Gasteiger partial charge is 0.271 e. The van der Waals surface area contributed by atoms with Crippen molar-refractivity contribution in [3.05, 3.63) is 46.7 Å². The maximum absolute atomic E-state index is 12.9. The summed E-state index contributed by atoms with van der Waals surface area (Å²) in [5.74, 6) is -0.722. The first-order valence-electron chi connectivity index (χ1n) is 6.95. The van der Waals surface area contributed by atoms with Crippen LogP contribution < -0.4 is 10.6 Å². The molecule has 22 heavy (non-hydrogen) atoms. The number of benzene rings is 1. The Hall–Kier alpha value is -1.99. The van der Waals surface area contributed by atoms with Crippen molar-refractivity contribution >= 4 is 22.4 Å². The van der Waals surface area contributed by atoms with Crippen LogP contribution in [-0.2, 0) is 0 Å². The van der Waals surface area contributed by atoms with E-state index in [0.29, 0.717) is 16.4 Å². The van der Waals surface area contributed by atoms with E-state index in [1.54, 1.807) is 12.3 Å². The van der Waals surface area contributed by atoms with Crippen LogP contribution in [0.3, 0.4) is 0 Å². The number of nitrogens with zero attached hydrogens (tertiary/aromatic N) is 1. The normalized spacial score (nSPS) is 13.5. The molecule has 0 aliphatic carbocycles. The number of aromatic nitrogens is 1. The van der Waals surface area contributed by atoms with E-state index < -0.39 is 12.1 Å². The molecule has 0 fully saturated rings. The molecule has 0 spiro atoms. The third kappa shape index (κ3) is 4.02. The van der Waals surface area contributed by atoms with Gasteiger partial charge in [0.2, 0.25) is 0 Å². The van der Waals surface area contributed by atoms with Crippen LogP contribution in [0, 0.1) is 5.82 Å². The molecule has 7 heteroatoms. The van der Waals surface area contributed by atoms with Crippen molar-refractivity contribution in [1.29, 1.82) is 0 Å². The maximum atomic E-state index is 12.9. The summed E-state index contributed by atoms with van der Waals surface area (Å²) in [5, 5.41) is 18.3. The van der Waals surface area contributed by atoms with Crippen LogP contribution >= 0.6 is 11.3 Å².